The van der Waals surface area contributed by atoms with Crippen LogP contribution >= 0.6 is 23.2 Å². The van der Waals surface area contributed by atoms with Crippen molar-refractivity contribution in [3.8, 4) is 0 Å². The van der Waals surface area contributed by atoms with Crippen LogP contribution in [0.25, 0.3) is 0 Å². The van der Waals surface area contributed by atoms with Gasteiger partial charge in [0.05, 0.1) is 11.9 Å². The summed E-state index contributed by atoms with van der Waals surface area (Å²) >= 11 is 12.3. The predicted molar refractivity (Wildman–Crippen MR) is 157 cm³/mol. The highest BCUT2D eigenvalue weighted by molar-refractivity contribution is 7.92. The van der Waals surface area contributed by atoms with Crippen LogP contribution in [-0.4, -0.2) is 50.0 Å². The number of carbonyl (C=O) groups excluding carboxylic acids is 2. The van der Waals surface area contributed by atoms with E-state index in [0.29, 0.717) is 6.42 Å². The van der Waals surface area contributed by atoms with E-state index < -0.39 is 28.5 Å². The van der Waals surface area contributed by atoms with Gasteiger partial charge in [0.2, 0.25) is 21.8 Å². The van der Waals surface area contributed by atoms with Crippen molar-refractivity contribution in [2.75, 3.05) is 17.1 Å². The first-order valence-electron chi connectivity index (χ1n) is 12.6. The fraction of sp³-hybridized carbons (Fsp3) is 0.310. The van der Waals surface area contributed by atoms with Gasteiger partial charge in [-0.25, -0.2) is 8.42 Å². The predicted octanol–water partition coefficient (Wildman–Crippen LogP) is 5.31. The second-order valence-electron chi connectivity index (χ2n) is 9.43. The number of carbonyl (C=O) groups is 2. The average Bonchev–Trinajstić information content (AvgIpc) is 2.88. The molecule has 0 fully saturated rings. The van der Waals surface area contributed by atoms with Gasteiger partial charge in [0, 0.05) is 29.1 Å². The van der Waals surface area contributed by atoms with E-state index in [2.05, 4.69) is 5.32 Å². The van der Waals surface area contributed by atoms with Crippen LogP contribution in [0, 0.1) is 0 Å². The molecule has 1 N–H and O–H groups in total. The first-order valence-corrected chi connectivity index (χ1v) is 15.2. The Morgan fingerprint density at radius 2 is 1.44 bits per heavy atom. The standard InChI is InChI=1S/C29H33Cl2N3O4S/c1-4-21(2)32-29(36)27(15-22-11-7-5-8-12-22)33(19-23-13-9-6-10-14-23)28(35)20-34(39(3,37)38)26-17-24(30)16-25(31)18-26/h5-14,16-18,21,27H,4,15,19-20H2,1-3H3,(H,32,36)/t21-,27-/m0/s1. The Labute approximate surface area is 240 Å². The number of halogens is 2. The molecule has 0 heterocycles. The maximum absolute atomic E-state index is 14.0. The lowest BCUT2D eigenvalue weighted by atomic mass is 10.0. The van der Waals surface area contributed by atoms with Gasteiger partial charge in [-0.1, -0.05) is 90.8 Å². The molecule has 3 aromatic rings. The van der Waals surface area contributed by atoms with E-state index in [1.807, 2.05) is 74.5 Å². The van der Waals surface area contributed by atoms with E-state index in [1.54, 1.807) is 0 Å². The van der Waals surface area contributed by atoms with Gasteiger partial charge in [-0.2, -0.15) is 0 Å². The monoisotopic (exact) mass is 589 g/mol. The number of hydrogen-bond donors (Lipinski definition) is 1. The van der Waals surface area contributed by atoms with Crippen molar-refractivity contribution in [1.82, 2.24) is 10.2 Å². The molecule has 0 radical (unpaired) electrons. The molecular weight excluding hydrogens is 557 g/mol. The number of amides is 2. The molecule has 10 heteroatoms. The van der Waals surface area contributed by atoms with Gasteiger partial charge in [-0.3, -0.25) is 13.9 Å². The molecular formula is C29H33Cl2N3O4S. The third kappa shape index (κ3) is 8.98. The van der Waals surface area contributed by atoms with Crippen LogP contribution in [0.3, 0.4) is 0 Å². The highest BCUT2D eigenvalue weighted by Crippen LogP contribution is 2.27. The summed E-state index contributed by atoms with van der Waals surface area (Å²) in [5, 5.41) is 3.46. The Balaban J connectivity index is 2.05. The highest BCUT2D eigenvalue weighted by Gasteiger charge is 2.33. The van der Waals surface area contributed by atoms with E-state index in [-0.39, 0.29) is 40.6 Å². The second kappa shape index (κ2) is 13.8. The van der Waals surface area contributed by atoms with E-state index >= 15 is 0 Å². The third-order valence-electron chi connectivity index (χ3n) is 6.28. The smallest absolute Gasteiger partial charge is 0.244 e. The number of sulfonamides is 1. The molecule has 0 unspecified atom stereocenters. The summed E-state index contributed by atoms with van der Waals surface area (Å²) in [4.78, 5) is 29.1. The number of nitrogens with zero attached hydrogens (tertiary/aromatic N) is 2. The lowest BCUT2D eigenvalue weighted by Crippen LogP contribution is -2.54. The zero-order chi connectivity index (χ0) is 28.6. The van der Waals surface area contributed by atoms with E-state index in [9.17, 15) is 18.0 Å². The second-order valence-corrected chi connectivity index (χ2v) is 12.2. The average molecular weight is 591 g/mol. The molecule has 39 heavy (non-hydrogen) atoms. The summed E-state index contributed by atoms with van der Waals surface area (Å²) in [6.45, 7) is 3.43. The SMILES string of the molecule is CC[C@H](C)NC(=O)[C@H](Cc1ccccc1)N(Cc1ccccc1)C(=O)CN(c1cc(Cl)cc(Cl)c1)S(C)(=O)=O. The first-order chi connectivity index (χ1) is 18.5. The van der Waals surface area contributed by atoms with Crippen LogP contribution < -0.4 is 9.62 Å². The Hall–Kier alpha value is -3.07. The van der Waals surface area contributed by atoms with Crippen LogP contribution in [0.5, 0.6) is 0 Å². The normalized spacial score (nSPS) is 12.8. The van der Waals surface area contributed by atoms with Gasteiger partial charge in [0.1, 0.15) is 12.6 Å². The molecule has 0 aliphatic heterocycles. The van der Waals surface area contributed by atoms with Gasteiger partial charge < -0.3 is 10.2 Å². The number of nitrogens with one attached hydrogen (secondary N) is 1. The Morgan fingerprint density at radius 1 is 0.897 bits per heavy atom. The van der Waals surface area contributed by atoms with Crippen molar-refractivity contribution in [2.24, 2.45) is 0 Å². The maximum atomic E-state index is 14.0. The van der Waals surface area contributed by atoms with Crippen molar-refractivity contribution >= 4 is 50.7 Å². The third-order valence-corrected chi connectivity index (χ3v) is 7.86. The molecule has 0 bridgehead atoms. The summed E-state index contributed by atoms with van der Waals surface area (Å²) in [6, 6.07) is 22.0. The zero-order valence-corrected chi connectivity index (χ0v) is 24.5. The van der Waals surface area contributed by atoms with Crippen molar-refractivity contribution in [2.45, 2.75) is 45.3 Å². The topological polar surface area (TPSA) is 86.8 Å². The maximum Gasteiger partial charge on any atom is 0.244 e. The minimum absolute atomic E-state index is 0.106. The molecule has 2 amide bonds. The zero-order valence-electron chi connectivity index (χ0n) is 22.2. The van der Waals surface area contributed by atoms with Gasteiger partial charge >= 0.3 is 0 Å². The van der Waals surface area contributed by atoms with Crippen LogP contribution in [0.1, 0.15) is 31.4 Å². The summed E-state index contributed by atoms with van der Waals surface area (Å²) in [7, 11) is -3.91. The Bertz CT molecular complexity index is 1350. The summed E-state index contributed by atoms with van der Waals surface area (Å²) in [5.41, 5.74) is 1.83. The molecule has 0 aliphatic rings. The number of benzene rings is 3. The Morgan fingerprint density at radius 3 is 1.95 bits per heavy atom. The van der Waals surface area contributed by atoms with Crippen molar-refractivity contribution in [1.29, 1.82) is 0 Å². The molecule has 0 saturated heterocycles. The number of rotatable bonds is 12. The summed E-state index contributed by atoms with van der Waals surface area (Å²) in [5.74, 6) is -0.852. The van der Waals surface area contributed by atoms with E-state index in [1.165, 1.54) is 23.1 Å². The number of anilines is 1. The van der Waals surface area contributed by atoms with E-state index in [4.69, 9.17) is 23.2 Å². The van der Waals surface area contributed by atoms with Crippen LogP contribution in [0.4, 0.5) is 5.69 Å². The minimum atomic E-state index is -3.91. The van der Waals surface area contributed by atoms with Gasteiger partial charge in [0.15, 0.2) is 0 Å². The molecule has 208 valence electrons. The van der Waals surface area contributed by atoms with Gasteiger partial charge in [-0.05, 0) is 42.7 Å². The molecule has 3 rings (SSSR count). The molecule has 2 atom stereocenters. The molecule has 0 spiro atoms. The van der Waals surface area contributed by atoms with Gasteiger partial charge in [-0.15, -0.1) is 0 Å². The lowest BCUT2D eigenvalue weighted by molar-refractivity contribution is -0.140. The lowest BCUT2D eigenvalue weighted by Gasteiger charge is -2.34. The summed E-state index contributed by atoms with van der Waals surface area (Å²) in [6.07, 6.45) is 1.98. The summed E-state index contributed by atoms with van der Waals surface area (Å²) < 4.78 is 26.6. The minimum Gasteiger partial charge on any atom is -0.352 e. The fourth-order valence-electron chi connectivity index (χ4n) is 4.07. The molecule has 7 nitrogen and oxygen atoms in total. The molecule has 0 aliphatic carbocycles. The Kier molecular flexibility index (Phi) is 10.8. The van der Waals surface area contributed by atoms with Crippen LogP contribution in [0.15, 0.2) is 78.9 Å². The number of hydrogen-bond acceptors (Lipinski definition) is 4. The van der Waals surface area contributed by atoms with Crippen molar-refractivity contribution < 1.29 is 18.0 Å². The van der Waals surface area contributed by atoms with Gasteiger partial charge in [0.25, 0.3) is 0 Å². The fourth-order valence-corrected chi connectivity index (χ4v) is 5.42. The van der Waals surface area contributed by atoms with Crippen LogP contribution in [-0.2, 0) is 32.6 Å². The molecule has 0 aromatic heterocycles. The largest absolute Gasteiger partial charge is 0.352 e. The molecule has 0 saturated carbocycles. The van der Waals surface area contributed by atoms with E-state index in [0.717, 1.165) is 21.7 Å². The quantitative estimate of drug-likeness (QED) is 0.310. The van der Waals surface area contributed by atoms with Crippen LogP contribution in [0.2, 0.25) is 10.0 Å². The first kappa shape index (κ1) is 30.5. The van der Waals surface area contributed by atoms with Crippen molar-refractivity contribution in [3.63, 3.8) is 0 Å². The van der Waals surface area contributed by atoms with Crippen molar-refractivity contribution in [3.05, 3.63) is 100 Å². The molecule has 3 aromatic carbocycles. The highest BCUT2D eigenvalue weighted by atomic mass is 35.5.